The van der Waals surface area contributed by atoms with Crippen molar-refractivity contribution in [2.24, 2.45) is 17.6 Å². The summed E-state index contributed by atoms with van der Waals surface area (Å²) in [6.07, 6.45) is 1.82. The summed E-state index contributed by atoms with van der Waals surface area (Å²) < 4.78 is 0. The van der Waals surface area contributed by atoms with E-state index in [9.17, 15) is 24.3 Å². The maximum Gasteiger partial charge on any atom is 0.326 e. The van der Waals surface area contributed by atoms with Crippen LogP contribution in [0.1, 0.15) is 52.5 Å². The molecule has 0 aliphatic carbocycles. The monoisotopic (exact) mass is 474 g/mol. The lowest BCUT2D eigenvalue weighted by Gasteiger charge is -2.30. The number of nitrogens with zero attached hydrogens (tertiary/aromatic N) is 1. The molecule has 2 rings (SSSR count). The fourth-order valence-electron chi connectivity index (χ4n) is 4.22. The van der Waals surface area contributed by atoms with Gasteiger partial charge in [-0.05, 0) is 36.7 Å². The van der Waals surface area contributed by atoms with Crippen LogP contribution in [0.15, 0.2) is 30.3 Å². The van der Waals surface area contributed by atoms with Gasteiger partial charge in [-0.25, -0.2) is 4.79 Å². The van der Waals surface area contributed by atoms with Gasteiger partial charge < -0.3 is 26.4 Å². The predicted octanol–water partition coefficient (Wildman–Crippen LogP) is 1.30. The Morgan fingerprint density at radius 3 is 2.29 bits per heavy atom. The number of likely N-dealkylation sites (tertiary alicyclic amines) is 1. The highest BCUT2D eigenvalue weighted by molar-refractivity contribution is 5.94. The molecule has 188 valence electrons. The molecule has 1 fully saturated rings. The third-order valence-electron chi connectivity index (χ3n) is 6.03. The van der Waals surface area contributed by atoms with Gasteiger partial charge in [-0.2, -0.15) is 0 Å². The number of nitrogens with one attached hydrogen (secondary N) is 2. The van der Waals surface area contributed by atoms with Crippen molar-refractivity contribution in [1.82, 2.24) is 15.5 Å². The highest BCUT2D eigenvalue weighted by Gasteiger charge is 2.38. The van der Waals surface area contributed by atoms with Crippen LogP contribution in [0.25, 0.3) is 0 Å². The Balaban J connectivity index is 2.07. The fourth-order valence-corrected chi connectivity index (χ4v) is 4.22. The molecule has 1 aromatic carbocycles. The van der Waals surface area contributed by atoms with Crippen molar-refractivity contribution in [3.63, 3.8) is 0 Å². The highest BCUT2D eigenvalue weighted by atomic mass is 16.4. The zero-order chi connectivity index (χ0) is 25.4. The first-order chi connectivity index (χ1) is 16.0. The fraction of sp³-hybridized carbons (Fsp3) is 0.600. The number of carbonyl (C=O) groups is 4. The van der Waals surface area contributed by atoms with Gasteiger partial charge in [0, 0.05) is 13.0 Å². The molecule has 0 saturated carbocycles. The lowest BCUT2D eigenvalue weighted by atomic mass is 10.0. The smallest absolute Gasteiger partial charge is 0.326 e. The minimum atomic E-state index is -1.15. The minimum Gasteiger partial charge on any atom is -0.480 e. The lowest BCUT2D eigenvalue weighted by Crippen LogP contribution is -2.58. The summed E-state index contributed by atoms with van der Waals surface area (Å²) in [6, 6.07) is 5.57. The van der Waals surface area contributed by atoms with Gasteiger partial charge in [-0.15, -0.1) is 0 Å². The third-order valence-corrected chi connectivity index (χ3v) is 6.03. The molecule has 4 unspecified atom stereocenters. The molecule has 0 radical (unpaired) electrons. The maximum absolute atomic E-state index is 13.1. The zero-order valence-corrected chi connectivity index (χ0v) is 20.5. The quantitative estimate of drug-likeness (QED) is 0.381. The number of carboxylic acids is 1. The molecule has 3 amide bonds. The van der Waals surface area contributed by atoms with E-state index in [1.165, 1.54) is 4.90 Å². The highest BCUT2D eigenvalue weighted by Crippen LogP contribution is 2.20. The van der Waals surface area contributed by atoms with Crippen LogP contribution in [0.4, 0.5) is 0 Å². The van der Waals surface area contributed by atoms with Gasteiger partial charge >= 0.3 is 5.97 Å². The molecule has 0 aromatic heterocycles. The Kier molecular flexibility index (Phi) is 10.0. The van der Waals surface area contributed by atoms with Crippen LogP contribution < -0.4 is 16.4 Å². The minimum absolute atomic E-state index is 0.124. The Morgan fingerprint density at radius 2 is 1.74 bits per heavy atom. The van der Waals surface area contributed by atoms with Crippen molar-refractivity contribution in [1.29, 1.82) is 0 Å². The second-order valence-electron chi connectivity index (χ2n) is 9.75. The second-order valence-corrected chi connectivity index (χ2v) is 9.75. The topological polar surface area (TPSA) is 142 Å². The normalized spacial score (nSPS) is 18.4. The van der Waals surface area contributed by atoms with Crippen LogP contribution in [0, 0.1) is 11.8 Å². The number of nitrogens with two attached hydrogens (primary N) is 1. The molecular weight excluding hydrogens is 436 g/mol. The van der Waals surface area contributed by atoms with E-state index < -0.39 is 42.0 Å². The SMILES string of the molecule is CC(C)CC(N)C(=O)N1CCCC1C(=O)NC(C(=O)NC(Cc1ccccc1)C(=O)O)C(C)C. The van der Waals surface area contributed by atoms with Crippen molar-refractivity contribution >= 4 is 23.7 Å². The van der Waals surface area contributed by atoms with E-state index in [1.54, 1.807) is 38.1 Å². The molecule has 4 atom stereocenters. The van der Waals surface area contributed by atoms with Gasteiger partial charge in [0.25, 0.3) is 0 Å². The van der Waals surface area contributed by atoms with Gasteiger partial charge in [0.05, 0.1) is 6.04 Å². The molecule has 1 heterocycles. The van der Waals surface area contributed by atoms with Gasteiger partial charge in [-0.3, -0.25) is 14.4 Å². The molecule has 1 aliphatic rings. The van der Waals surface area contributed by atoms with Gasteiger partial charge in [-0.1, -0.05) is 58.0 Å². The van der Waals surface area contributed by atoms with Crippen LogP contribution in [0.2, 0.25) is 0 Å². The van der Waals surface area contributed by atoms with E-state index in [0.717, 1.165) is 5.56 Å². The summed E-state index contributed by atoms with van der Waals surface area (Å²) in [5.74, 6) is -2.45. The second kappa shape index (κ2) is 12.5. The number of hydrogen-bond donors (Lipinski definition) is 4. The van der Waals surface area contributed by atoms with E-state index in [2.05, 4.69) is 10.6 Å². The first-order valence-electron chi connectivity index (χ1n) is 11.9. The number of benzene rings is 1. The number of rotatable bonds is 11. The van der Waals surface area contributed by atoms with E-state index in [-0.39, 0.29) is 24.2 Å². The molecule has 0 spiro atoms. The van der Waals surface area contributed by atoms with E-state index in [1.807, 2.05) is 19.9 Å². The number of amides is 3. The molecule has 9 nitrogen and oxygen atoms in total. The van der Waals surface area contributed by atoms with E-state index >= 15 is 0 Å². The van der Waals surface area contributed by atoms with Crippen LogP contribution in [-0.4, -0.2) is 64.4 Å². The van der Waals surface area contributed by atoms with E-state index in [0.29, 0.717) is 25.8 Å². The predicted molar refractivity (Wildman–Crippen MR) is 129 cm³/mol. The average Bonchev–Trinajstić information content (AvgIpc) is 3.26. The van der Waals surface area contributed by atoms with Crippen LogP contribution in [0.5, 0.6) is 0 Å². The van der Waals surface area contributed by atoms with Crippen molar-refractivity contribution in [2.75, 3.05) is 6.54 Å². The van der Waals surface area contributed by atoms with Crippen molar-refractivity contribution in [2.45, 2.75) is 77.5 Å². The molecule has 0 bridgehead atoms. The molecule has 34 heavy (non-hydrogen) atoms. The summed E-state index contributed by atoms with van der Waals surface area (Å²) in [7, 11) is 0. The van der Waals surface area contributed by atoms with Crippen molar-refractivity contribution in [3.05, 3.63) is 35.9 Å². The van der Waals surface area contributed by atoms with Crippen molar-refractivity contribution in [3.8, 4) is 0 Å². The Morgan fingerprint density at radius 1 is 1.09 bits per heavy atom. The lowest BCUT2D eigenvalue weighted by molar-refractivity contribution is -0.143. The van der Waals surface area contributed by atoms with Gasteiger partial charge in [0.1, 0.15) is 18.1 Å². The number of hydrogen-bond acceptors (Lipinski definition) is 5. The average molecular weight is 475 g/mol. The van der Waals surface area contributed by atoms with Crippen molar-refractivity contribution < 1.29 is 24.3 Å². The molecule has 1 aliphatic heterocycles. The first-order valence-corrected chi connectivity index (χ1v) is 11.9. The summed E-state index contributed by atoms with van der Waals surface area (Å²) >= 11 is 0. The number of carbonyl (C=O) groups excluding carboxylic acids is 3. The molecule has 1 saturated heterocycles. The summed E-state index contributed by atoms with van der Waals surface area (Å²) in [6.45, 7) is 7.95. The van der Waals surface area contributed by atoms with E-state index in [4.69, 9.17) is 5.73 Å². The Hall–Kier alpha value is -2.94. The third kappa shape index (κ3) is 7.55. The standard InChI is InChI=1S/C25H38N4O5/c1-15(2)13-18(26)24(32)29-12-8-11-20(29)22(30)28-21(16(3)4)23(31)27-19(25(33)34)14-17-9-6-5-7-10-17/h5-7,9-10,15-16,18-21H,8,11-14,26H2,1-4H3,(H,27,31)(H,28,30)(H,33,34). The summed E-state index contributed by atoms with van der Waals surface area (Å²) in [5, 5.41) is 14.9. The Labute approximate surface area is 201 Å². The molecule has 5 N–H and O–H groups in total. The first kappa shape index (κ1) is 27.3. The zero-order valence-electron chi connectivity index (χ0n) is 20.5. The number of aliphatic carboxylic acids is 1. The molecule has 9 heteroatoms. The molecule has 1 aromatic rings. The van der Waals surface area contributed by atoms with Gasteiger partial charge in [0.15, 0.2) is 0 Å². The Bertz CT molecular complexity index is 858. The largest absolute Gasteiger partial charge is 0.480 e. The summed E-state index contributed by atoms with van der Waals surface area (Å²) in [5.41, 5.74) is 6.84. The number of carboxylic acid groups (broad SMARTS) is 1. The maximum atomic E-state index is 13.1. The van der Waals surface area contributed by atoms with Gasteiger partial charge in [0.2, 0.25) is 17.7 Å². The molecular formula is C25H38N4O5. The van der Waals surface area contributed by atoms with Crippen LogP contribution in [0.3, 0.4) is 0 Å². The van der Waals surface area contributed by atoms with Crippen LogP contribution in [-0.2, 0) is 25.6 Å². The van der Waals surface area contributed by atoms with Crippen LogP contribution >= 0.6 is 0 Å². The summed E-state index contributed by atoms with van der Waals surface area (Å²) in [4.78, 5) is 52.2.